The zero-order chi connectivity index (χ0) is 15.4. The van der Waals surface area contributed by atoms with Crippen molar-refractivity contribution in [3.63, 3.8) is 0 Å². The van der Waals surface area contributed by atoms with Crippen LogP contribution in [0.15, 0.2) is 18.3 Å². The van der Waals surface area contributed by atoms with Crippen LogP contribution in [0.5, 0.6) is 11.5 Å². The van der Waals surface area contributed by atoms with Crippen LogP contribution in [0.2, 0.25) is 5.02 Å². The predicted octanol–water partition coefficient (Wildman–Crippen LogP) is 3.07. The van der Waals surface area contributed by atoms with Gasteiger partial charge in [0.25, 0.3) is 0 Å². The molecule has 2 N–H and O–H groups in total. The molecule has 0 bridgehead atoms. The van der Waals surface area contributed by atoms with Crippen molar-refractivity contribution < 1.29 is 13.9 Å². The SMILES string of the molecule is CNc1ncc(F)c(Nc2cc(OC)c(Cl)cc2OC)n1. The average molecular weight is 313 g/mol. The molecule has 0 aliphatic carbocycles. The first-order valence-electron chi connectivity index (χ1n) is 5.98. The molecule has 0 saturated heterocycles. The second kappa shape index (κ2) is 6.45. The molecule has 8 heteroatoms. The van der Waals surface area contributed by atoms with E-state index in [1.807, 2.05) is 0 Å². The minimum absolute atomic E-state index is 0.0111. The summed E-state index contributed by atoms with van der Waals surface area (Å²) in [6.45, 7) is 0. The van der Waals surface area contributed by atoms with Gasteiger partial charge in [-0.25, -0.2) is 9.37 Å². The first-order valence-corrected chi connectivity index (χ1v) is 6.35. The highest BCUT2D eigenvalue weighted by Crippen LogP contribution is 2.37. The number of halogens is 2. The topological polar surface area (TPSA) is 68.3 Å². The Morgan fingerprint density at radius 2 is 1.90 bits per heavy atom. The van der Waals surface area contributed by atoms with Crippen LogP contribution >= 0.6 is 11.6 Å². The Balaban J connectivity index is 2.43. The second-order valence-corrected chi connectivity index (χ2v) is 4.36. The Labute approximate surface area is 126 Å². The molecule has 2 aromatic rings. The molecule has 2 rings (SSSR count). The summed E-state index contributed by atoms with van der Waals surface area (Å²) in [5, 5.41) is 5.96. The monoisotopic (exact) mass is 312 g/mol. The van der Waals surface area contributed by atoms with E-state index in [1.165, 1.54) is 14.2 Å². The molecule has 0 fully saturated rings. The number of aromatic nitrogens is 2. The van der Waals surface area contributed by atoms with Crippen molar-refractivity contribution in [1.29, 1.82) is 0 Å². The maximum Gasteiger partial charge on any atom is 0.224 e. The maximum atomic E-state index is 13.8. The number of benzene rings is 1. The fourth-order valence-electron chi connectivity index (χ4n) is 1.66. The summed E-state index contributed by atoms with van der Waals surface area (Å²) in [4.78, 5) is 7.78. The van der Waals surface area contributed by atoms with Gasteiger partial charge in [-0.05, 0) is 0 Å². The van der Waals surface area contributed by atoms with Crippen LogP contribution in [0.25, 0.3) is 0 Å². The van der Waals surface area contributed by atoms with Crippen LogP contribution in [0.4, 0.5) is 21.8 Å². The number of nitrogens with zero attached hydrogens (tertiary/aromatic N) is 2. The molecule has 0 spiro atoms. The summed E-state index contributed by atoms with van der Waals surface area (Å²) in [5.74, 6) is 0.578. The molecule has 0 aliphatic heterocycles. The van der Waals surface area contributed by atoms with Gasteiger partial charge in [0.1, 0.15) is 11.5 Å². The second-order valence-electron chi connectivity index (χ2n) is 3.95. The summed E-state index contributed by atoms with van der Waals surface area (Å²) in [5.41, 5.74) is 0.471. The highest BCUT2D eigenvalue weighted by atomic mass is 35.5. The van der Waals surface area contributed by atoms with Gasteiger partial charge in [-0.2, -0.15) is 4.98 Å². The Morgan fingerprint density at radius 3 is 2.52 bits per heavy atom. The van der Waals surface area contributed by atoms with E-state index in [0.717, 1.165) is 6.20 Å². The van der Waals surface area contributed by atoms with Gasteiger partial charge in [0.2, 0.25) is 5.95 Å². The highest BCUT2D eigenvalue weighted by molar-refractivity contribution is 6.32. The van der Waals surface area contributed by atoms with Gasteiger partial charge in [0.15, 0.2) is 11.6 Å². The lowest BCUT2D eigenvalue weighted by molar-refractivity contribution is 0.405. The summed E-state index contributed by atoms with van der Waals surface area (Å²) < 4.78 is 24.1. The van der Waals surface area contributed by atoms with Crippen molar-refractivity contribution in [1.82, 2.24) is 9.97 Å². The number of ether oxygens (including phenoxy) is 2. The van der Waals surface area contributed by atoms with Gasteiger partial charge in [0.05, 0.1) is 31.1 Å². The number of nitrogens with one attached hydrogen (secondary N) is 2. The average Bonchev–Trinajstić information content (AvgIpc) is 2.50. The summed E-state index contributed by atoms with van der Waals surface area (Å²) in [6.07, 6.45) is 1.07. The lowest BCUT2D eigenvalue weighted by Gasteiger charge is -2.14. The molecular weight excluding hydrogens is 299 g/mol. The molecule has 1 heterocycles. The molecule has 0 saturated carbocycles. The van der Waals surface area contributed by atoms with E-state index in [-0.39, 0.29) is 5.82 Å². The zero-order valence-electron chi connectivity index (χ0n) is 11.7. The third-order valence-corrected chi connectivity index (χ3v) is 2.99. The van der Waals surface area contributed by atoms with Gasteiger partial charge in [-0.3, -0.25) is 0 Å². The number of anilines is 3. The predicted molar refractivity (Wildman–Crippen MR) is 79.4 cm³/mol. The normalized spacial score (nSPS) is 10.1. The van der Waals surface area contributed by atoms with Crippen LogP contribution in [-0.4, -0.2) is 31.2 Å². The number of rotatable bonds is 5. The van der Waals surface area contributed by atoms with E-state index in [0.29, 0.717) is 28.2 Å². The van der Waals surface area contributed by atoms with Crippen molar-refractivity contribution in [2.75, 3.05) is 31.9 Å². The molecular formula is C13H14ClFN4O2. The Kier molecular flexibility index (Phi) is 4.64. The van der Waals surface area contributed by atoms with E-state index in [4.69, 9.17) is 21.1 Å². The third kappa shape index (κ3) is 3.25. The largest absolute Gasteiger partial charge is 0.495 e. The molecule has 112 valence electrons. The van der Waals surface area contributed by atoms with Crippen LogP contribution in [0, 0.1) is 5.82 Å². The van der Waals surface area contributed by atoms with Crippen molar-refractivity contribution >= 4 is 29.1 Å². The minimum atomic E-state index is -0.593. The van der Waals surface area contributed by atoms with Crippen molar-refractivity contribution in [3.05, 3.63) is 29.2 Å². The summed E-state index contributed by atoms with van der Waals surface area (Å²) in [6, 6.07) is 3.17. The molecule has 6 nitrogen and oxygen atoms in total. The van der Waals surface area contributed by atoms with E-state index in [9.17, 15) is 4.39 Å². The fourth-order valence-corrected chi connectivity index (χ4v) is 1.89. The maximum absolute atomic E-state index is 13.8. The van der Waals surface area contributed by atoms with Gasteiger partial charge in [-0.1, -0.05) is 11.6 Å². The fraction of sp³-hybridized carbons (Fsp3) is 0.231. The highest BCUT2D eigenvalue weighted by Gasteiger charge is 2.13. The molecule has 0 amide bonds. The summed E-state index contributed by atoms with van der Waals surface area (Å²) in [7, 11) is 4.61. The van der Waals surface area contributed by atoms with Crippen LogP contribution in [-0.2, 0) is 0 Å². The van der Waals surface area contributed by atoms with Crippen LogP contribution in [0.1, 0.15) is 0 Å². The van der Waals surface area contributed by atoms with Crippen molar-refractivity contribution in [3.8, 4) is 11.5 Å². The van der Waals surface area contributed by atoms with Crippen molar-refractivity contribution in [2.45, 2.75) is 0 Å². The molecule has 0 atom stereocenters. The lowest BCUT2D eigenvalue weighted by atomic mass is 10.2. The smallest absolute Gasteiger partial charge is 0.224 e. The lowest BCUT2D eigenvalue weighted by Crippen LogP contribution is -2.04. The van der Waals surface area contributed by atoms with E-state index in [2.05, 4.69) is 20.6 Å². The number of hydrogen-bond acceptors (Lipinski definition) is 6. The molecule has 1 aromatic carbocycles. The quantitative estimate of drug-likeness (QED) is 0.884. The van der Waals surface area contributed by atoms with Gasteiger partial charge in [0, 0.05) is 19.2 Å². The molecule has 0 radical (unpaired) electrons. The Hall–Kier alpha value is -2.28. The standard InChI is InChI=1S/C13H14ClFN4O2/c1-16-13-17-6-8(15)12(19-13)18-9-5-10(20-2)7(14)4-11(9)21-3/h4-6H,1-3H3,(H2,16,17,18,19). The Bertz CT molecular complexity index is 654. The van der Waals surface area contributed by atoms with E-state index < -0.39 is 5.82 Å². The summed E-state index contributed by atoms with van der Waals surface area (Å²) >= 11 is 6.02. The molecule has 1 aromatic heterocycles. The molecule has 0 unspecified atom stereocenters. The van der Waals surface area contributed by atoms with Gasteiger partial charge < -0.3 is 20.1 Å². The van der Waals surface area contributed by atoms with Gasteiger partial charge >= 0.3 is 0 Å². The van der Waals surface area contributed by atoms with Crippen LogP contribution < -0.4 is 20.1 Å². The van der Waals surface area contributed by atoms with Crippen molar-refractivity contribution in [2.24, 2.45) is 0 Å². The number of hydrogen-bond donors (Lipinski definition) is 2. The van der Waals surface area contributed by atoms with E-state index >= 15 is 0 Å². The van der Waals surface area contributed by atoms with E-state index in [1.54, 1.807) is 19.2 Å². The molecule has 0 aliphatic rings. The Morgan fingerprint density at radius 1 is 1.19 bits per heavy atom. The first kappa shape index (κ1) is 15.1. The first-order chi connectivity index (χ1) is 10.1. The van der Waals surface area contributed by atoms with Crippen LogP contribution in [0.3, 0.4) is 0 Å². The number of methoxy groups -OCH3 is 2. The third-order valence-electron chi connectivity index (χ3n) is 2.69. The minimum Gasteiger partial charge on any atom is -0.495 e. The van der Waals surface area contributed by atoms with Gasteiger partial charge in [-0.15, -0.1) is 0 Å². The molecule has 21 heavy (non-hydrogen) atoms. The zero-order valence-corrected chi connectivity index (χ0v) is 12.5.